The van der Waals surface area contributed by atoms with Crippen LogP contribution in [0.2, 0.25) is 0 Å². The van der Waals surface area contributed by atoms with Gasteiger partial charge in [-0.2, -0.15) is 0 Å². The van der Waals surface area contributed by atoms with Crippen LogP contribution in [0, 0.1) is 0 Å². The van der Waals surface area contributed by atoms with Crippen LogP contribution >= 0.6 is 0 Å². The molecule has 8 heteroatoms. The molecule has 2 aliphatic heterocycles. The van der Waals surface area contributed by atoms with Crippen molar-refractivity contribution in [3.63, 3.8) is 0 Å². The highest BCUT2D eigenvalue weighted by Gasteiger charge is 2.29. The Morgan fingerprint density at radius 2 is 1.67 bits per heavy atom. The third-order valence-electron chi connectivity index (χ3n) is 2.80. The summed E-state index contributed by atoms with van der Waals surface area (Å²) in [5.74, 6) is -0.510. The van der Waals surface area contributed by atoms with Crippen LogP contribution in [-0.2, 0) is 16.0 Å². The summed E-state index contributed by atoms with van der Waals surface area (Å²) in [6, 6.07) is 8.35. The third kappa shape index (κ3) is 4.30. The molecule has 0 bridgehead atoms. The highest BCUT2D eigenvalue weighted by Crippen LogP contribution is 2.05. The number of imide groups is 2. The van der Waals surface area contributed by atoms with Gasteiger partial charge in [-0.25, -0.2) is 9.59 Å². The van der Waals surface area contributed by atoms with E-state index in [1.165, 1.54) is 0 Å². The molecule has 110 valence electrons. The van der Waals surface area contributed by atoms with E-state index in [2.05, 4.69) is 16.0 Å². The first-order chi connectivity index (χ1) is 10.0. The number of rotatable bonds is 2. The molecule has 0 radical (unpaired) electrons. The van der Waals surface area contributed by atoms with Crippen molar-refractivity contribution < 1.29 is 19.2 Å². The van der Waals surface area contributed by atoms with Gasteiger partial charge >= 0.3 is 12.1 Å². The topological polar surface area (TPSA) is 116 Å². The quantitative estimate of drug-likeness (QED) is 0.537. The Bertz CT molecular complexity index is 559. The fourth-order valence-corrected chi connectivity index (χ4v) is 1.83. The second-order valence-electron chi connectivity index (χ2n) is 4.44. The van der Waals surface area contributed by atoms with Crippen molar-refractivity contribution in [3.05, 3.63) is 35.9 Å². The Morgan fingerprint density at radius 3 is 2.10 bits per heavy atom. The van der Waals surface area contributed by atoms with Gasteiger partial charge in [-0.3, -0.25) is 20.2 Å². The number of carbonyl (C=O) groups is 4. The van der Waals surface area contributed by atoms with Gasteiger partial charge in [0, 0.05) is 6.42 Å². The number of carbonyl (C=O) groups excluding carboxylic acids is 4. The second kappa shape index (κ2) is 6.51. The second-order valence-corrected chi connectivity index (χ2v) is 4.44. The van der Waals surface area contributed by atoms with Crippen LogP contribution in [0.1, 0.15) is 5.56 Å². The van der Waals surface area contributed by atoms with Gasteiger partial charge in [0.05, 0.1) is 6.54 Å². The van der Waals surface area contributed by atoms with Crippen LogP contribution in [0.5, 0.6) is 0 Å². The molecule has 1 atom stereocenters. The van der Waals surface area contributed by atoms with Crippen LogP contribution in [0.15, 0.2) is 30.3 Å². The Balaban J connectivity index is 0.000000194. The molecule has 2 fully saturated rings. The molecule has 0 aliphatic carbocycles. The summed E-state index contributed by atoms with van der Waals surface area (Å²) in [6.45, 7) is 0.124. The highest BCUT2D eigenvalue weighted by atomic mass is 16.2. The maximum atomic E-state index is 11.2. The van der Waals surface area contributed by atoms with E-state index in [9.17, 15) is 19.2 Å². The minimum atomic E-state index is -0.426. The lowest BCUT2D eigenvalue weighted by Gasteiger charge is -2.06. The molecule has 2 aliphatic rings. The molecular weight excluding hydrogens is 276 g/mol. The van der Waals surface area contributed by atoms with Crippen molar-refractivity contribution in [1.29, 1.82) is 0 Å². The van der Waals surface area contributed by atoms with Gasteiger partial charge in [0.15, 0.2) is 0 Å². The van der Waals surface area contributed by atoms with Gasteiger partial charge in [-0.15, -0.1) is 0 Å². The molecule has 1 unspecified atom stereocenters. The standard InChI is InChI=1S/C10H10N2O2.C3H4N2O2/c13-9-8(11-10(14)12-9)6-7-4-2-1-3-5-7;6-2-1-4-3(7)5-2/h1-5,8H,6H2,(H2,11,12,13,14);1H2,(H2,4,5,6,7). The first kappa shape index (κ1) is 14.5. The van der Waals surface area contributed by atoms with E-state index in [4.69, 9.17) is 0 Å². The largest absolute Gasteiger partial charge is 0.329 e. The molecule has 0 aromatic heterocycles. The van der Waals surface area contributed by atoms with Crippen LogP contribution < -0.4 is 21.3 Å². The Hall–Kier alpha value is -2.90. The van der Waals surface area contributed by atoms with E-state index < -0.39 is 18.1 Å². The monoisotopic (exact) mass is 290 g/mol. The minimum Gasteiger partial charge on any atom is -0.329 e. The van der Waals surface area contributed by atoms with E-state index in [0.29, 0.717) is 6.42 Å². The lowest BCUT2D eigenvalue weighted by Crippen LogP contribution is -2.30. The van der Waals surface area contributed by atoms with Crippen LogP contribution in [-0.4, -0.2) is 36.5 Å². The first-order valence-corrected chi connectivity index (χ1v) is 6.27. The zero-order chi connectivity index (χ0) is 15.2. The summed E-state index contributed by atoms with van der Waals surface area (Å²) < 4.78 is 0. The third-order valence-corrected chi connectivity index (χ3v) is 2.80. The maximum absolute atomic E-state index is 11.2. The number of urea groups is 2. The van der Waals surface area contributed by atoms with Gasteiger partial charge in [0.25, 0.3) is 5.91 Å². The van der Waals surface area contributed by atoms with Crippen molar-refractivity contribution in [2.75, 3.05) is 6.54 Å². The lowest BCUT2D eigenvalue weighted by molar-refractivity contribution is -0.120. The summed E-state index contributed by atoms with van der Waals surface area (Å²) >= 11 is 0. The molecule has 2 heterocycles. The van der Waals surface area contributed by atoms with Gasteiger partial charge in [-0.1, -0.05) is 30.3 Å². The molecule has 4 N–H and O–H groups in total. The van der Waals surface area contributed by atoms with Crippen molar-refractivity contribution in [2.45, 2.75) is 12.5 Å². The van der Waals surface area contributed by atoms with Gasteiger partial charge in [0.2, 0.25) is 5.91 Å². The van der Waals surface area contributed by atoms with Gasteiger partial charge in [-0.05, 0) is 5.56 Å². The molecule has 1 aromatic rings. The van der Waals surface area contributed by atoms with Gasteiger partial charge < -0.3 is 10.6 Å². The zero-order valence-corrected chi connectivity index (χ0v) is 11.0. The lowest BCUT2D eigenvalue weighted by atomic mass is 10.1. The maximum Gasteiger partial charge on any atom is 0.322 e. The van der Waals surface area contributed by atoms with E-state index in [0.717, 1.165) is 5.56 Å². The molecule has 6 amide bonds. The number of benzene rings is 1. The molecule has 0 saturated carbocycles. The smallest absolute Gasteiger partial charge is 0.322 e. The molecular formula is C13H14N4O4. The fourth-order valence-electron chi connectivity index (χ4n) is 1.83. The average Bonchev–Trinajstić information content (AvgIpc) is 2.97. The number of amides is 6. The average molecular weight is 290 g/mol. The number of hydrogen-bond acceptors (Lipinski definition) is 4. The van der Waals surface area contributed by atoms with Crippen LogP contribution in [0.3, 0.4) is 0 Å². The van der Waals surface area contributed by atoms with E-state index in [-0.39, 0.29) is 18.4 Å². The Labute approximate surface area is 120 Å². The predicted molar refractivity (Wildman–Crippen MR) is 72.1 cm³/mol. The summed E-state index contributed by atoms with van der Waals surface area (Å²) in [7, 11) is 0. The van der Waals surface area contributed by atoms with E-state index in [1.54, 1.807) is 0 Å². The highest BCUT2D eigenvalue weighted by molar-refractivity contribution is 6.04. The molecule has 8 nitrogen and oxygen atoms in total. The summed E-state index contributed by atoms with van der Waals surface area (Å²) in [6.07, 6.45) is 0.540. The Morgan fingerprint density at radius 1 is 0.952 bits per heavy atom. The molecule has 3 rings (SSSR count). The molecule has 1 aromatic carbocycles. The van der Waals surface area contributed by atoms with Crippen molar-refractivity contribution in [1.82, 2.24) is 21.3 Å². The predicted octanol–water partition coefficient (Wildman–Crippen LogP) is -0.737. The Kier molecular flexibility index (Phi) is 4.50. The summed E-state index contributed by atoms with van der Waals surface area (Å²) in [5.41, 5.74) is 1.04. The van der Waals surface area contributed by atoms with Crippen molar-refractivity contribution in [3.8, 4) is 0 Å². The number of nitrogens with one attached hydrogen (secondary N) is 4. The van der Waals surface area contributed by atoms with Gasteiger partial charge in [0.1, 0.15) is 6.04 Å². The molecule has 2 saturated heterocycles. The minimum absolute atomic E-state index is 0.124. The number of hydrogen-bond donors (Lipinski definition) is 4. The molecule has 21 heavy (non-hydrogen) atoms. The van der Waals surface area contributed by atoms with E-state index in [1.807, 2.05) is 35.6 Å². The fraction of sp³-hybridized carbons (Fsp3) is 0.231. The molecule has 0 spiro atoms. The first-order valence-electron chi connectivity index (χ1n) is 6.27. The zero-order valence-electron chi connectivity index (χ0n) is 11.0. The van der Waals surface area contributed by atoms with E-state index >= 15 is 0 Å². The summed E-state index contributed by atoms with van der Waals surface area (Å²) in [4.78, 5) is 42.1. The van der Waals surface area contributed by atoms with Crippen LogP contribution in [0.25, 0.3) is 0 Å². The van der Waals surface area contributed by atoms with Crippen molar-refractivity contribution in [2.24, 2.45) is 0 Å². The normalized spacial score (nSPS) is 19.9. The van der Waals surface area contributed by atoms with Crippen molar-refractivity contribution >= 4 is 23.9 Å². The summed E-state index contributed by atoms with van der Waals surface area (Å²) in [5, 5.41) is 9.05. The van der Waals surface area contributed by atoms with Crippen LogP contribution in [0.4, 0.5) is 9.59 Å². The SMILES string of the molecule is O=C1CNC(=O)N1.O=C1NC(=O)C(Cc2ccccc2)N1.